The van der Waals surface area contributed by atoms with Crippen LogP contribution in [0.25, 0.3) is 10.8 Å². The van der Waals surface area contributed by atoms with Crippen LogP contribution in [0.3, 0.4) is 0 Å². The molecule has 2 saturated heterocycles. The zero-order valence-corrected chi connectivity index (χ0v) is 17.0. The van der Waals surface area contributed by atoms with E-state index in [9.17, 15) is 9.59 Å². The number of hydroxylamine groups is 1. The van der Waals surface area contributed by atoms with E-state index in [1.54, 1.807) is 17.5 Å². The summed E-state index contributed by atoms with van der Waals surface area (Å²) in [6.45, 7) is 0. The molecule has 0 radical (unpaired) electrons. The number of fused-ring (bicyclic) bond motifs is 2. The molecule has 0 saturated carbocycles. The van der Waals surface area contributed by atoms with Crippen LogP contribution in [0, 0.1) is 5.92 Å². The van der Waals surface area contributed by atoms with Gasteiger partial charge in [-0.05, 0) is 35.2 Å². The fourth-order valence-electron chi connectivity index (χ4n) is 4.74. The van der Waals surface area contributed by atoms with Gasteiger partial charge in [-0.3, -0.25) is 19.4 Å². The zero-order chi connectivity index (χ0) is 21.7. The van der Waals surface area contributed by atoms with Crippen molar-refractivity contribution in [1.82, 2.24) is 4.98 Å². The minimum Gasteiger partial charge on any atom is -0.273 e. The first-order valence-electron chi connectivity index (χ1n) is 10.5. The van der Waals surface area contributed by atoms with Crippen molar-refractivity contribution in [2.75, 3.05) is 9.96 Å². The van der Waals surface area contributed by atoms with Crippen LogP contribution < -0.4 is 9.96 Å². The van der Waals surface area contributed by atoms with Gasteiger partial charge in [0.2, 0.25) is 5.91 Å². The molecule has 6 nitrogen and oxygen atoms in total. The number of imide groups is 1. The summed E-state index contributed by atoms with van der Waals surface area (Å²) in [5, 5.41) is 3.51. The van der Waals surface area contributed by atoms with Crippen LogP contribution in [0.2, 0.25) is 0 Å². The number of carbonyl (C=O) groups excluding carboxylic acids is 2. The largest absolute Gasteiger partial charge is 0.273 e. The Morgan fingerprint density at radius 2 is 1.56 bits per heavy atom. The molecule has 2 aliphatic rings. The van der Waals surface area contributed by atoms with Crippen molar-refractivity contribution in [2.45, 2.75) is 12.1 Å². The number of anilines is 2. The molecule has 0 spiro atoms. The average molecular weight is 421 g/mol. The van der Waals surface area contributed by atoms with E-state index >= 15 is 0 Å². The Morgan fingerprint density at radius 3 is 2.38 bits per heavy atom. The van der Waals surface area contributed by atoms with Gasteiger partial charge in [0.15, 0.2) is 6.10 Å². The smallest absolute Gasteiger partial charge is 0.266 e. The third kappa shape index (κ3) is 2.73. The van der Waals surface area contributed by atoms with Crippen LogP contribution in [0.1, 0.15) is 11.6 Å². The Bertz CT molecular complexity index is 1320. The van der Waals surface area contributed by atoms with Crippen molar-refractivity contribution in [3.63, 3.8) is 0 Å². The predicted molar refractivity (Wildman–Crippen MR) is 121 cm³/mol. The van der Waals surface area contributed by atoms with Gasteiger partial charge >= 0.3 is 0 Å². The molecule has 0 N–H and O–H groups in total. The monoisotopic (exact) mass is 421 g/mol. The van der Waals surface area contributed by atoms with Gasteiger partial charge in [-0.2, -0.15) is 0 Å². The van der Waals surface area contributed by atoms with E-state index in [0.29, 0.717) is 5.69 Å². The molecule has 3 aromatic carbocycles. The molecule has 0 aliphatic carbocycles. The molecular weight excluding hydrogens is 402 g/mol. The minimum absolute atomic E-state index is 0.261. The Morgan fingerprint density at radius 1 is 0.781 bits per heavy atom. The summed E-state index contributed by atoms with van der Waals surface area (Å²) in [5.41, 5.74) is 2.20. The number of carbonyl (C=O) groups is 2. The normalized spacial score (nSPS) is 22.6. The minimum atomic E-state index is -0.896. The Labute approximate surface area is 184 Å². The molecule has 156 valence electrons. The highest BCUT2D eigenvalue weighted by molar-refractivity contribution is 6.26. The molecule has 1 aromatic heterocycles. The second-order valence-electron chi connectivity index (χ2n) is 7.95. The fraction of sp³-hybridized carbons (Fsp3) is 0.115. The predicted octanol–water partition coefficient (Wildman–Crippen LogP) is 4.29. The number of para-hydroxylation sites is 1. The number of benzene rings is 3. The molecule has 6 heteroatoms. The maximum absolute atomic E-state index is 13.8. The average Bonchev–Trinajstić information content (AvgIpc) is 3.36. The zero-order valence-electron chi connectivity index (χ0n) is 17.0. The number of nitrogens with zero attached hydrogens (tertiary/aromatic N) is 3. The highest BCUT2D eigenvalue weighted by Gasteiger charge is 2.60. The van der Waals surface area contributed by atoms with Gasteiger partial charge < -0.3 is 0 Å². The van der Waals surface area contributed by atoms with Crippen LogP contribution >= 0.6 is 0 Å². The van der Waals surface area contributed by atoms with Crippen molar-refractivity contribution < 1.29 is 14.4 Å². The molecule has 32 heavy (non-hydrogen) atoms. The molecule has 4 aromatic rings. The number of hydrogen-bond donors (Lipinski definition) is 0. The van der Waals surface area contributed by atoms with Crippen LogP contribution in [-0.4, -0.2) is 22.9 Å². The molecule has 2 fully saturated rings. The van der Waals surface area contributed by atoms with Crippen molar-refractivity contribution >= 4 is 34.0 Å². The Balaban J connectivity index is 1.47. The molecular formula is C26H19N3O3. The van der Waals surface area contributed by atoms with Gasteiger partial charge in [0.25, 0.3) is 5.91 Å². The lowest BCUT2D eigenvalue weighted by molar-refractivity contribution is -0.126. The quantitative estimate of drug-likeness (QED) is 0.462. The van der Waals surface area contributed by atoms with Gasteiger partial charge in [0.1, 0.15) is 5.92 Å². The van der Waals surface area contributed by atoms with E-state index < -0.39 is 18.1 Å². The molecule has 2 aliphatic heterocycles. The summed E-state index contributed by atoms with van der Waals surface area (Å²) in [6.07, 6.45) is 2.52. The first kappa shape index (κ1) is 18.7. The standard InChI is InChI=1S/C26H19N3O3/c30-25-22-23(18-10-7-15-27-16-18)29(19-11-2-1-3-12-19)32-24(22)26(31)28(25)21-14-6-9-17-8-4-5-13-20(17)21/h1-16,22-24H/t22-,23+,24-/m1/s1. The summed E-state index contributed by atoms with van der Waals surface area (Å²) in [7, 11) is 0. The third-order valence-electron chi connectivity index (χ3n) is 6.16. The van der Waals surface area contributed by atoms with Crippen LogP contribution in [-0.2, 0) is 14.4 Å². The second-order valence-corrected chi connectivity index (χ2v) is 7.95. The number of rotatable bonds is 3. The first-order chi connectivity index (χ1) is 15.7. The SMILES string of the molecule is O=C1[C@H]2[C@@H](ON(c3ccccc3)[C@H]2c2cccnc2)C(=O)N1c1cccc2ccccc12. The summed E-state index contributed by atoms with van der Waals surface area (Å²) in [6, 6.07) is 26.2. The van der Waals surface area contributed by atoms with E-state index in [1.165, 1.54) is 4.90 Å². The lowest BCUT2D eigenvalue weighted by Crippen LogP contribution is -2.37. The summed E-state index contributed by atoms with van der Waals surface area (Å²) < 4.78 is 0. The van der Waals surface area contributed by atoms with E-state index in [0.717, 1.165) is 22.0 Å². The Kier molecular flexibility index (Phi) is 4.26. The summed E-state index contributed by atoms with van der Waals surface area (Å²) in [5.74, 6) is -1.28. The van der Waals surface area contributed by atoms with Crippen LogP contribution in [0.15, 0.2) is 97.3 Å². The van der Waals surface area contributed by atoms with Gasteiger partial charge in [0.05, 0.1) is 17.4 Å². The molecule has 3 atom stereocenters. The molecule has 0 unspecified atom stereocenters. The van der Waals surface area contributed by atoms with Crippen molar-refractivity contribution in [2.24, 2.45) is 5.92 Å². The van der Waals surface area contributed by atoms with Crippen molar-refractivity contribution in [1.29, 1.82) is 0 Å². The first-order valence-corrected chi connectivity index (χ1v) is 10.5. The maximum atomic E-state index is 13.8. The lowest BCUT2D eigenvalue weighted by Gasteiger charge is -2.28. The molecule has 2 amide bonds. The van der Waals surface area contributed by atoms with Crippen molar-refractivity contribution in [3.05, 3.63) is 103 Å². The van der Waals surface area contributed by atoms with Gasteiger partial charge in [-0.15, -0.1) is 0 Å². The highest BCUT2D eigenvalue weighted by Crippen LogP contribution is 2.48. The van der Waals surface area contributed by atoms with Gasteiger partial charge in [0, 0.05) is 17.8 Å². The van der Waals surface area contributed by atoms with E-state index in [2.05, 4.69) is 4.98 Å². The maximum Gasteiger partial charge on any atom is 0.266 e. The summed E-state index contributed by atoms with van der Waals surface area (Å²) in [4.78, 5) is 39.0. The second kappa shape index (κ2) is 7.28. The topological polar surface area (TPSA) is 62.7 Å². The van der Waals surface area contributed by atoms with E-state index in [-0.39, 0.29) is 11.8 Å². The highest BCUT2D eigenvalue weighted by atomic mass is 16.7. The van der Waals surface area contributed by atoms with Crippen molar-refractivity contribution in [3.8, 4) is 0 Å². The van der Waals surface area contributed by atoms with Crippen LogP contribution in [0.4, 0.5) is 11.4 Å². The van der Waals surface area contributed by atoms with E-state index in [1.807, 2.05) is 84.9 Å². The number of amides is 2. The summed E-state index contributed by atoms with van der Waals surface area (Å²) >= 11 is 0. The fourth-order valence-corrected chi connectivity index (χ4v) is 4.74. The molecule has 0 bridgehead atoms. The van der Waals surface area contributed by atoms with E-state index in [4.69, 9.17) is 4.84 Å². The lowest BCUT2D eigenvalue weighted by atomic mass is 9.91. The van der Waals surface area contributed by atoms with Gasteiger partial charge in [-0.1, -0.05) is 60.7 Å². The third-order valence-corrected chi connectivity index (χ3v) is 6.16. The van der Waals surface area contributed by atoms with Crippen LogP contribution in [0.5, 0.6) is 0 Å². The number of aromatic nitrogens is 1. The molecule has 3 heterocycles. The number of hydrogen-bond acceptors (Lipinski definition) is 5. The Hall–Kier alpha value is -4.03. The molecule has 6 rings (SSSR count). The number of pyridine rings is 1. The van der Waals surface area contributed by atoms with Gasteiger partial charge in [-0.25, -0.2) is 9.96 Å².